The highest BCUT2D eigenvalue weighted by molar-refractivity contribution is 6.07. The van der Waals surface area contributed by atoms with Crippen molar-refractivity contribution in [3.63, 3.8) is 0 Å². The van der Waals surface area contributed by atoms with Crippen molar-refractivity contribution in [3.8, 4) is 0 Å². The molecule has 2 aliphatic rings. The van der Waals surface area contributed by atoms with E-state index < -0.39 is 5.54 Å². The average molecular weight is 343 g/mol. The standard InChI is InChI=1S/C19H25N3O3/c1-13-5-4-10-19(11-13)17(24)22(18(25)20-19)12-14-6-8-15(9-7-14)16(23)21(2)3/h6-9,13H,4-5,10-12H2,1-3H3,(H,20,25)/t13-,19+/m1/s1. The van der Waals surface area contributed by atoms with Crippen molar-refractivity contribution in [2.24, 2.45) is 5.92 Å². The van der Waals surface area contributed by atoms with Gasteiger partial charge in [0.1, 0.15) is 5.54 Å². The Balaban J connectivity index is 1.73. The monoisotopic (exact) mass is 343 g/mol. The van der Waals surface area contributed by atoms with E-state index in [0.29, 0.717) is 24.3 Å². The van der Waals surface area contributed by atoms with E-state index in [9.17, 15) is 14.4 Å². The van der Waals surface area contributed by atoms with Gasteiger partial charge in [-0.3, -0.25) is 14.5 Å². The Morgan fingerprint density at radius 3 is 2.56 bits per heavy atom. The molecule has 1 spiro atoms. The number of carbonyl (C=O) groups is 3. The Morgan fingerprint density at radius 1 is 1.28 bits per heavy atom. The van der Waals surface area contributed by atoms with E-state index in [-0.39, 0.29) is 24.4 Å². The van der Waals surface area contributed by atoms with Crippen molar-refractivity contribution in [2.75, 3.05) is 14.1 Å². The molecule has 1 aliphatic heterocycles. The number of urea groups is 1. The minimum atomic E-state index is -0.713. The van der Waals surface area contributed by atoms with Crippen LogP contribution in [0.4, 0.5) is 4.79 Å². The normalized spacial score (nSPS) is 26.0. The van der Waals surface area contributed by atoms with Gasteiger partial charge >= 0.3 is 6.03 Å². The molecule has 4 amide bonds. The zero-order chi connectivity index (χ0) is 18.2. The Hall–Kier alpha value is -2.37. The van der Waals surface area contributed by atoms with E-state index >= 15 is 0 Å². The van der Waals surface area contributed by atoms with Gasteiger partial charge in [-0.1, -0.05) is 31.9 Å². The Labute approximate surface area is 148 Å². The number of nitrogens with one attached hydrogen (secondary N) is 1. The summed E-state index contributed by atoms with van der Waals surface area (Å²) >= 11 is 0. The number of hydrogen-bond acceptors (Lipinski definition) is 3. The molecule has 0 radical (unpaired) electrons. The van der Waals surface area contributed by atoms with Crippen LogP contribution in [0.15, 0.2) is 24.3 Å². The molecular formula is C19H25N3O3. The molecule has 25 heavy (non-hydrogen) atoms. The molecule has 1 saturated heterocycles. The summed E-state index contributed by atoms with van der Waals surface area (Å²) in [5.41, 5.74) is 0.707. The van der Waals surface area contributed by atoms with Gasteiger partial charge < -0.3 is 10.2 Å². The maximum Gasteiger partial charge on any atom is 0.325 e. The van der Waals surface area contributed by atoms with Crippen LogP contribution in [-0.4, -0.2) is 47.3 Å². The highest BCUT2D eigenvalue weighted by Gasteiger charge is 2.52. The van der Waals surface area contributed by atoms with E-state index in [1.807, 2.05) is 0 Å². The first-order valence-electron chi connectivity index (χ1n) is 8.77. The molecule has 6 heteroatoms. The third kappa shape index (κ3) is 3.25. The molecule has 1 N–H and O–H groups in total. The topological polar surface area (TPSA) is 69.7 Å². The fourth-order valence-electron chi connectivity index (χ4n) is 3.87. The summed E-state index contributed by atoms with van der Waals surface area (Å²) in [7, 11) is 3.40. The Morgan fingerprint density at radius 2 is 1.96 bits per heavy atom. The summed E-state index contributed by atoms with van der Waals surface area (Å²) in [6.07, 6.45) is 3.49. The summed E-state index contributed by atoms with van der Waals surface area (Å²) in [5, 5.41) is 2.94. The molecular weight excluding hydrogens is 318 g/mol. The van der Waals surface area contributed by atoms with Gasteiger partial charge in [0.05, 0.1) is 6.54 Å². The largest absolute Gasteiger partial charge is 0.345 e. The number of rotatable bonds is 3. The van der Waals surface area contributed by atoms with E-state index in [4.69, 9.17) is 0 Å². The lowest BCUT2D eigenvalue weighted by molar-refractivity contribution is -0.133. The highest BCUT2D eigenvalue weighted by Crippen LogP contribution is 2.37. The number of hydrogen-bond donors (Lipinski definition) is 1. The summed E-state index contributed by atoms with van der Waals surface area (Å²) in [5.74, 6) is 0.253. The van der Waals surface area contributed by atoms with E-state index in [1.165, 1.54) is 9.80 Å². The van der Waals surface area contributed by atoms with Gasteiger partial charge in [0, 0.05) is 19.7 Å². The first-order chi connectivity index (χ1) is 11.8. The fourth-order valence-corrected chi connectivity index (χ4v) is 3.87. The quantitative estimate of drug-likeness (QED) is 0.857. The summed E-state index contributed by atoms with van der Waals surface area (Å²) in [6.45, 7) is 2.36. The van der Waals surface area contributed by atoms with Gasteiger partial charge in [0.15, 0.2) is 0 Å². The number of amides is 4. The Bertz CT molecular complexity index is 698. The van der Waals surface area contributed by atoms with Crippen molar-refractivity contribution in [2.45, 2.75) is 44.7 Å². The molecule has 1 saturated carbocycles. The van der Waals surface area contributed by atoms with Crippen molar-refractivity contribution >= 4 is 17.8 Å². The lowest BCUT2D eigenvalue weighted by Gasteiger charge is -2.34. The van der Waals surface area contributed by atoms with Gasteiger partial charge in [0.25, 0.3) is 11.8 Å². The second-order valence-electron chi connectivity index (χ2n) is 7.50. The third-order valence-corrected chi connectivity index (χ3v) is 5.19. The van der Waals surface area contributed by atoms with Gasteiger partial charge in [-0.2, -0.15) is 0 Å². The smallest absolute Gasteiger partial charge is 0.325 e. The minimum Gasteiger partial charge on any atom is -0.345 e. The lowest BCUT2D eigenvalue weighted by Crippen LogP contribution is -2.50. The summed E-state index contributed by atoms with van der Waals surface area (Å²) in [6, 6.07) is 6.74. The fraction of sp³-hybridized carbons (Fsp3) is 0.526. The van der Waals surface area contributed by atoms with Gasteiger partial charge in [-0.15, -0.1) is 0 Å². The molecule has 2 atom stereocenters. The second kappa shape index (κ2) is 6.50. The molecule has 0 bridgehead atoms. The van der Waals surface area contributed by atoms with Gasteiger partial charge in [-0.25, -0.2) is 4.79 Å². The average Bonchev–Trinajstić information content (AvgIpc) is 2.78. The molecule has 134 valence electrons. The number of benzene rings is 1. The first kappa shape index (κ1) is 17.5. The molecule has 1 aliphatic carbocycles. The summed E-state index contributed by atoms with van der Waals surface area (Å²) in [4.78, 5) is 40.0. The number of nitrogens with zero attached hydrogens (tertiary/aromatic N) is 2. The molecule has 2 fully saturated rings. The van der Waals surface area contributed by atoms with Crippen molar-refractivity contribution in [1.82, 2.24) is 15.1 Å². The van der Waals surface area contributed by atoms with Crippen molar-refractivity contribution in [3.05, 3.63) is 35.4 Å². The highest BCUT2D eigenvalue weighted by atomic mass is 16.2. The van der Waals surface area contributed by atoms with Crippen LogP contribution in [0.25, 0.3) is 0 Å². The molecule has 1 aromatic carbocycles. The van der Waals surface area contributed by atoms with Crippen LogP contribution in [0.1, 0.15) is 48.5 Å². The van der Waals surface area contributed by atoms with Crippen LogP contribution < -0.4 is 5.32 Å². The van der Waals surface area contributed by atoms with Crippen LogP contribution in [0, 0.1) is 5.92 Å². The maximum absolute atomic E-state index is 12.9. The minimum absolute atomic E-state index is 0.0725. The van der Waals surface area contributed by atoms with Crippen molar-refractivity contribution in [1.29, 1.82) is 0 Å². The first-order valence-corrected chi connectivity index (χ1v) is 8.77. The maximum atomic E-state index is 12.9. The van der Waals surface area contributed by atoms with Crippen molar-refractivity contribution < 1.29 is 14.4 Å². The number of carbonyl (C=O) groups excluding carboxylic acids is 3. The summed E-state index contributed by atoms with van der Waals surface area (Å²) < 4.78 is 0. The molecule has 0 aromatic heterocycles. The van der Waals surface area contributed by atoms with Gasteiger partial charge in [-0.05, 0) is 36.5 Å². The lowest BCUT2D eigenvalue weighted by atomic mass is 9.76. The van der Waals surface area contributed by atoms with E-state index in [1.54, 1.807) is 38.4 Å². The molecule has 6 nitrogen and oxygen atoms in total. The predicted octanol–water partition coefficient (Wildman–Crippen LogP) is 2.39. The molecule has 0 unspecified atom stereocenters. The number of imide groups is 1. The van der Waals surface area contributed by atoms with E-state index in [2.05, 4.69) is 12.2 Å². The van der Waals surface area contributed by atoms with Crippen LogP contribution in [0.5, 0.6) is 0 Å². The predicted molar refractivity (Wildman–Crippen MR) is 93.9 cm³/mol. The van der Waals surface area contributed by atoms with Crippen LogP contribution >= 0.6 is 0 Å². The SMILES string of the molecule is C[C@@H]1CCC[C@@]2(C1)NC(=O)N(Cc1ccc(C(=O)N(C)C)cc1)C2=O. The van der Waals surface area contributed by atoms with Crippen LogP contribution in [-0.2, 0) is 11.3 Å². The van der Waals surface area contributed by atoms with Crippen LogP contribution in [0.3, 0.4) is 0 Å². The zero-order valence-electron chi connectivity index (χ0n) is 15.0. The zero-order valence-corrected chi connectivity index (χ0v) is 15.0. The van der Waals surface area contributed by atoms with Crippen LogP contribution in [0.2, 0.25) is 0 Å². The van der Waals surface area contributed by atoms with E-state index in [0.717, 1.165) is 18.4 Å². The molecule has 1 heterocycles. The van der Waals surface area contributed by atoms with Gasteiger partial charge in [0.2, 0.25) is 0 Å². The third-order valence-electron chi connectivity index (χ3n) is 5.19. The molecule has 1 aromatic rings. The molecule has 3 rings (SSSR count). The Kier molecular flexibility index (Phi) is 4.54. The second-order valence-corrected chi connectivity index (χ2v) is 7.50.